The van der Waals surface area contributed by atoms with Gasteiger partial charge < -0.3 is 29.0 Å². The van der Waals surface area contributed by atoms with Gasteiger partial charge in [0.25, 0.3) is 5.91 Å². The number of amides is 1. The maximum atomic E-state index is 14.1. The molecule has 0 spiro atoms. The molecule has 180 valence electrons. The van der Waals surface area contributed by atoms with E-state index >= 15 is 0 Å². The van der Waals surface area contributed by atoms with Crippen molar-refractivity contribution in [3.05, 3.63) is 35.6 Å². The molecule has 11 nitrogen and oxygen atoms in total. The van der Waals surface area contributed by atoms with Gasteiger partial charge >= 0.3 is 23.9 Å². The summed E-state index contributed by atoms with van der Waals surface area (Å²) in [6.07, 6.45) is -5.60. The van der Waals surface area contributed by atoms with Gasteiger partial charge in [0.05, 0.1) is 5.56 Å². The minimum absolute atomic E-state index is 0.341. The standard InChI is InChI=1S/C21H24FNO10/c1-10(24)29-9-16-18(30-11(2)25)19(31-12(3)26)17(21(33-16)32-13(4)27)23-20(28)14-7-5-6-8-15(14)22/h5-8,16-19,21H,9H2,1-4H3,(H,23,28)/t16-,17-,18-,19-,21?/m1/s1. The van der Waals surface area contributed by atoms with Crippen LogP contribution in [0.3, 0.4) is 0 Å². The highest BCUT2D eigenvalue weighted by Crippen LogP contribution is 2.28. The number of nitrogens with one attached hydrogen (secondary N) is 1. The van der Waals surface area contributed by atoms with Crippen LogP contribution >= 0.6 is 0 Å². The topological polar surface area (TPSA) is 144 Å². The van der Waals surface area contributed by atoms with Crippen LogP contribution in [-0.4, -0.2) is 67.0 Å². The normalized spacial score (nSPS) is 24.2. The zero-order valence-electron chi connectivity index (χ0n) is 18.4. The summed E-state index contributed by atoms with van der Waals surface area (Å²) in [7, 11) is 0. The first-order valence-electron chi connectivity index (χ1n) is 9.85. The monoisotopic (exact) mass is 469 g/mol. The van der Waals surface area contributed by atoms with E-state index in [1.54, 1.807) is 0 Å². The summed E-state index contributed by atoms with van der Waals surface area (Å²) in [5, 5.41) is 2.42. The molecule has 33 heavy (non-hydrogen) atoms. The molecule has 0 aromatic heterocycles. The molecular formula is C21H24FNO10. The largest absolute Gasteiger partial charge is 0.463 e. The van der Waals surface area contributed by atoms with Crippen LogP contribution in [-0.2, 0) is 42.9 Å². The van der Waals surface area contributed by atoms with Crippen molar-refractivity contribution in [2.24, 2.45) is 0 Å². The average Bonchev–Trinajstić information content (AvgIpc) is 2.70. The Bertz CT molecular complexity index is 920. The fourth-order valence-corrected chi connectivity index (χ4v) is 3.19. The molecule has 1 heterocycles. The van der Waals surface area contributed by atoms with Crippen LogP contribution in [0.5, 0.6) is 0 Å². The summed E-state index contributed by atoms with van der Waals surface area (Å²) in [4.78, 5) is 59.3. The smallest absolute Gasteiger partial charge is 0.305 e. The van der Waals surface area contributed by atoms with Gasteiger partial charge in [0, 0.05) is 27.7 Å². The first kappa shape index (κ1) is 25.7. The van der Waals surface area contributed by atoms with E-state index in [0.29, 0.717) is 0 Å². The van der Waals surface area contributed by atoms with E-state index in [4.69, 9.17) is 23.7 Å². The highest BCUT2D eigenvalue weighted by molar-refractivity contribution is 5.94. The van der Waals surface area contributed by atoms with Gasteiger partial charge in [-0.25, -0.2) is 4.39 Å². The van der Waals surface area contributed by atoms with E-state index < -0.39 is 72.9 Å². The quantitative estimate of drug-likeness (QED) is 0.446. The van der Waals surface area contributed by atoms with Gasteiger partial charge in [-0.15, -0.1) is 0 Å². The van der Waals surface area contributed by atoms with Gasteiger partial charge in [0.2, 0.25) is 6.29 Å². The minimum atomic E-state index is -1.56. The van der Waals surface area contributed by atoms with Crippen molar-refractivity contribution >= 4 is 29.8 Å². The summed E-state index contributed by atoms with van der Waals surface area (Å²) < 4.78 is 40.4. The second-order valence-corrected chi connectivity index (χ2v) is 7.08. The number of hydrogen-bond acceptors (Lipinski definition) is 10. The van der Waals surface area contributed by atoms with E-state index in [0.717, 1.165) is 33.8 Å². The van der Waals surface area contributed by atoms with Gasteiger partial charge in [0.15, 0.2) is 12.2 Å². The van der Waals surface area contributed by atoms with Crippen molar-refractivity contribution in [1.82, 2.24) is 5.32 Å². The Morgan fingerprint density at radius 2 is 1.45 bits per heavy atom. The van der Waals surface area contributed by atoms with Crippen LogP contribution < -0.4 is 5.32 Å². The Morgan fingerprint density at radius 3 is 2.00 bits per heavy atom. The molecule has 0 saturated carbocycles. The maximum Gasteiger partial charge on any atom is 0.305 e. The SMILES string of the molecule is CC(=O)OC[C@H]1OC(OC(C)=O)[C@H](NC(=O)c2ccccc2F)[C@@H](OC(C)=O)[C@@H]1OC(C)=O. The van der Waals surface area contributed by atoms with Crippen molar-refractivity contribution in [3.8, 4) is 0 Å². The number of carbonyl (C=O) groups excluding carboxylic acids is 5. The molecule has 1 fully saturated rings. The van der Waals surface area contributed by atoms with E-state index in [2.05, 4.69) is 5.32 Å². The molecule has 1 aromatic carbocycles. The predicted molar refractivity (Wildman–Crippen MR) is 106 cm³/mol. The molecule has 5 atom stereocenters. The number of carbonyl (C=O) groups is 5. The van der Waals surface area contributed by atoms with Crippen LogP contribution in [0, 0.1) is 5.82 Å². The zero-order chi connectivity index (χ0) is 24.7. The lowest BCUT2D eigenvalue weighted by atomic mass is 9.95. The summed E-state index contributed by atoms with van der Waals surface area (Å²) in [6, 6.07) is 3.68. The summed E-state index contributed by atoms with van der Waals surface area (Å²) in [5.41, 5.74) is -0.341. The van der Waals surface area contributed by atoms with Crippen LogP contribution in [0.15, 0.2) is 24.3 Å². The number of ether oxygens (including phenoxy) is 5. The third-order valence-corrected chi connectivity index (χ3v) is 4.40. The maximum absolute atomic E-state index is 14.1. The van der Waals surface area contributed by atoms with E-state index in [9.17, 15) is 28.4 Å². The molecule has 1 amide bonds. The number of rotatable bonds is 7. The van der Waals surface area contributed by atoms with E-state index in [-0.39, 0.29) is 5.56 Å². The Hall–Kier alpha value is -3.54. The summed E-state index contributed by atoms with van der Waals surface area (Å²) in [6.45, 7) is 3.90. The van der Waals surface area contributed by atoms with Gasteiger partial charge in [0.1, 0.15) is 24.6 Å². The molecule has 1 aliphatic rings. The van der Waals surface area contributed by atoms with E-state index in [1.807, 2.05) is 0 Å². The third kappa shape index (κ3) is 7.24. The van der Waals surface area contributed by atoms with Crippen molar-refractivity contribution in [1.29, 1.82) is 0 Å². The fourth-order valence-electron chi connectivity index (χ4n) is 3.19. The number of halogens is 1. The van der Waals surface area contributed by atoms with Gasteiger partial charge in [-0.2, -0.15) is 0 Å². The van der Waals surface area contributed by atoms with Crippen molar-refractivity contribution in [2.45, 2.75) is 58.3 Å². The molecular weight excluding hydrogens is 445 g/mol. The van der Waals surface area contributed by atoms with Crippen molar-refractivity contribution in [2.75, 3.05) is 6.61 Å². The Labute approximate surface area is 188 Å². The third-order valence-electron chi connectivity index (χ3n) is 4.40. The van der Waals surface area contributed by atoms with E-state index in [1.165, 1.54) is 18.2 Å². The van der Waals surface area contributed by atoms with Crippen LogP contribution in [0.2, 0.25) is 0 Å². The van der Waals surface area contributed by atoms with Crippen LogP contribution in [0.1, 0.15) is 38.1 Å². The minimum Gasteiger partial charge on any atom is -0.463 e. The molecule has 1 N–H and O–H groups in total. The molecule has 0 radical (unpaired) electrons. The summed E-state index contributed by atoms with van der Waals surface area (Å²) >= 11 is 0. The molecule has 0 bridgehead atoms. The van der Waals surface area contributed by atoms with Crippen molar-refractivity contribution in [3.63, 3.8) is 0 Å². The van der Waals surface area contributed by atoms with Gasteiger partial charge in [-0.1, -0.05) is 12.1 Å². The molecule has 1 saturated heterocycles. The molecule has 1 aliphatic heterocycles. The molecule has 0 aliphatic carbocycles. The van der Waals surface area contributed by atoms with Gasteiger partial charge in [-0.3, -0.25) is 24.0 Å². The zero-order valence-corrected chi connectivity index (χ0v) is 18.4. The Balaban J connectivity index is 2.47. The van der Waals surface area contributed by atoms with Crippen LogP contribution in [0.25, 0.3) is 0 Å². The number of esters is 4. The number of benzene rings is 1. The first-order chi connectivity index (χ1) is 15.5. The Morgan fingerprint density at radius 1 is 0.879 bits per heavy atom. The highest BCUT2D eigenvalue weighted by Gasteiger charge is 2.52. The molecule has 1 aromatic rings. The molecule has 1 unspecified atom stereocenters. The predicted octanol–water partition coefficient (Wildman–Crippen LogP) is 0.639. The van der Waals surface area contributed by atoms with Crippen molar-refractivity contribution < 1.29 is 52.0 Å². The average molecular weight is 469 g/mol. The first-order valence-corrected chi connectivity index (χ1v) is 9.85. The second-order valence-electron chi connectivity index (χ2n) is 7.08. The number of hydrogen-bond donors (Lipinski definition) is 1. The van der Waals surface area contributed by atoms with Gasteiger partial charge in [-0.05, 0) is 12.1 Å². The summed E-state index contributed by atoms with van der Waals surface area (Å²) in [5.74, 6) is -4.87. The fraction of sp³-hybridized carbons (Fsp3) is 0.476. The van der Waals surface area contributed by atoms with Crippen LogP contribution in [0.4, 0.5) is 4.39 Å². The Kier molecular flexibility index (Phi) is 8.85. The lowest BCUT2D eigenvalue weighted by molar-refractivity contribution is -0.270. The lowest BCUT2D eigenvalue weighted by Crippen LogP contribution is -2.67. The lowest BCUT2D eigenvalue weighted by Gasteiger charge is -2.44. The highest BCUT2D eigenvalue weighted by atomic mass is 19.1. The second kappa shape index (κ2) is 11.4. The molecule has 2 rings (SSSR count). The molecule has 12 heteroatoms.